The van der Waals surface area contributed by atoms with Crippen LogP contribution in [0.5, 0.6) is 11.5 Å². The van der Waals surface area contributed by atoms with Gasteiger partial charge in [-0.1, -0.05) is 31.5 Å². The van der Waals surface area contributed by atoms with Crippen LogP contribution in [0.2, 0.25) is 0 Å². The molecule has 124 valence electrons. The molecule has 4 heteroatoms. The second kappa shape index (κ2) is 6.19. The first kappa shape index (κ1) is 15.1. The van der Waals surface area contributed by atoms with Crippen molar-refractivity contribution in [2.45, 2.75) is 38.5 Å². The number of hydrogen-bond acceptors (Lipinski definition) is 4. The van der Waals surface area contributed by atoms with Gasteiger partial charge >= 0.3 is 0 Å². The number of methoxy groups -OCH3 is 1. The number of rotatable bonds is 4. The molecule has 0 amide bonds. The zero-order valence-electron chi connectivity index (χ0n) is 14.1. The van der Waals surface area contributed by atoms with Crippen molar-refractivity contribution in [3.63, 3.8) is 0 Å². The van der Waals surface area contributed by atoms with E-state index in [4.69, 9.17) is 14.6 Å². The predicted octanol–water partition coefficient (Wildman–Crippen LogP) is 4.36. The van der Waals surface area contributed by atoms with Gasteiger partial charge in [0.2, 0.25) is 0 Å². The van der Waals surface area contributed by atoms with E-state index in [0.717, 1.165) is 42.0 Å². The van der Waals surface area contributed by atoms with Crippen molar-refractivity contribution < 1.29 is 9.47 Å². The number of nitrogens with zero attached hydrogens (tertiary/aromatic N) is 2. The third-order valence-corrected chi connectivity index (χ3v) is 4.74. The summed E-state index contributed by atoms with van der Waals surface area (Å²) in [5.41, 5.74) is 3.50. The van der Waals surface area contributed by atoms with Crippen molar-refractivity contribution in [1.82, 2.24) is 5.01 Å². The first-order valence-corrected chi connectivity index (χ1v) is 8.56. The SMILES string of the molecule is CCC[C@H]1Oc2ccccc2[C@H]2CC(c3ccc(OC)cc3)=NN21. The van der Waals surface area contributed by atoms with Gasteiger partial charge in [0.05, 0.1) is 18.9 Å². The zero-order chi connectivity index (χ0) is 16.5. The maximum absolute atomic E-state index is 6.21. The molecule has 0 bridgehead atoms. The summed E-state index contributed by atoms with van der Waals surface area (Å²) in [5.74, 6) is 1.87. The van der Waals surface area contributed by atoms with E-state index in [0.29, 0.717) is 0 Å². The van der Waals surface area contributed by atoms with Crippen molar-refractivity contribution in [3.8, 4) is 11.5 Å². The predicted molar refractivity (Wildman–Crippen MR) is 94.5 cm³/mol. The Morgan fingerprint density at radius 1 is 1.17 bits per heavy atom. The molecule has 2 heterocycles. The summed E-state index contributed by atoms with van der Waals surface area (Å²) in [6.07, 6.45) is 2.98. The van der Waals surface area contributed by atoms with Gasteiger partial charge in [0, 0.05) is 18.4 Å². The fourth-order valence-corrected chi connectivity index (χ4v) is 3.50. The van der Waals surface area contributed by atoms with Crippen LogP contribution in [-0.4, -0.2) is 24.1 Å². The normalized spacial score (nSPS) is 21.6. The summed E-state index contributed by atoms with van der Waals surface area (Å²) >= 11 is 0. The van der Waals surface area contributed by atoms with Gasteiger partial charge < -0.3 is 9.47 Å². The Bertz CT molecular complexity index is 754. The van der Waals surface area contributed by atoms with E-state index in [9.17, 15) is 0 Å². The van der Waals surface area contributed by atoms with Crippen LogP contribution < -0.4 is 9.47 Å². The second-order valence-corrected chi connectivity index (χ2v) is 6.27. The number of hydrazone groups is 1. The van der Waals surface area contributed by atoms with Crippen LogP contribution in [0.3, 0.4) is 0 Å². The van der Waals surface area contributed by atoms with Crippen LogP contribution in [0, 0.1) is 0 Å². The minimum atomic E-state index is 0.0191. The molecule has 2 atom stereocenters. The van der Waals surface area contributed by atoms with E-state index in [-0.39, 0.29) is 12.3 Å². The molecule has 0 radical (unpaired) electrons. The fourth-order valence-electron chi connectivity index (χ4n) is 3.50. The molecule has 2 aromatic carbocycles. The van der Waals surface area contributed by atoms with Crippen LogP contribution >= 0.6 is 0 Å². The highest BCUT2D eigenvalue weighted by molar-refractivity contribution is 6.02. The quantitative estimate of drug-likeness (QED) is 0.838. The van der Waals surface area contributed by atoms with Crippen molar-refractivity contribution >= 4 is 5.71 Å². The van der Waals surface area contributed by atoms with Crippen LogP contribution in [0.4, 0.5) is 0 Å². The molecule has 2 aliphatic rings. The molecule has 4 rings (SSSR count). The Labute approximate surface area is 142 Å². The van der Waals surface area contributed by atoms with Gasteiger partial charge in [0.15, 0.2) is 6.23 Å². The maximum atomic E-state index is 6.21. The van der Waals surface area contributed by atoms with E-state index in [1.54, 1.807) is 7.11 Å². The first-order chi connectivity index (χ1) is 11.8. The summed E-state index contributed by atoms with van der Waals surface area (Å²) in [4.78, 5) is 0. The van der Waals surface area contributed by atoms with Gasteiger partial charge in [-0.2, -0.15) is 5.10 Å². The molecule has 0 unspecified atom stereocenters. The number of ether oxygens (including phenoxy) is 2. The Hall–Kier alpha value is -2.49. The summed E-state index contributed by atoms with van der Waals surface area (Å²) in [5, 5.41) is 7.08. The standard InChI is InChI=1S/C20H22N2O2/c1-3-6-20-22-18(16-7-4-5-8-19(16)24-20)13-17(21-22)14-9-11-15(23-2)12-10-14/h4-5,7-12,18,20H,3,6,13H2,1-2H3/t18-,20-/m1/s1. The Morgan fingerprint density at radius 3 is 2.71 bits per heavy atom. The van der Waals surface area contributed by atoms with Crippen LogP contribution in [-0.2, 0) is 0 Å². The number of benzene rings is 2. The lowest BCUT2D eigenvalue weighted by molar-refractivity contribution is -0.0223. The van der Waals surface area contributed by atoms with Crippen molar-refractivity contribution in [1.29, 1.82) is 0 Å². The van der Waals surface area contributed by atoms with E-state index >= 15 is 0 Å². The first-order valence-electron chi connectivity index (χ1n) is 8.56. The number of fused-ring (bicyclic) bond motifs is 3. The van der Waals surface area contributed by atoms with E-state index in [1.807, 2.05) is 18.2 Å². The fraction of sp³-hybridized carbons (Fsp3) is 0.350. The van der Waals surface area contributed by atoms with E-state index in [2.05, 4.69) is 42.3 Å². The van der Waals surface area contributed by atoms with E-state index in [1.165, 1.54) is 5.56 Å². The monoisotopic (exact) mass is 322 g/mol. The minimum absolute atomic E-state index is 0.0191. The van der Waals surface area contributed by atoms with Gasteiger partial charge in [0.25, 0.3) is 0 Å². The Kier molecular flexibility index (Phi) is 3.89. The minimum Gasteiger partial charge on any atom is -0.497 e. The highest BCUT2D eigenvalue weighted by Gasteiger charge is 2.39. The average Bonchev–Trinajstić information content (AvgIpc) is 3.08. The van der Waals surface area contributed by atoms with Gasteiger partial charge in [-0.05, 0) is 35.9 Å². The van der Waals surface area contributed by atoms with Gasteiger partial charge in [0.1, 0.15) is 11.5 Å². The molecular weight excluding hydrogens is 300 g/mol. The third kappa shape index (κ3) is 2.52. The van der Waals surface area contributed by atoms with Crippen molar-refractivity contribution in [2.75, 3.05) is 7.11 Å². The molecule has 0 aromatic heterocycles. The summed E-state index contributed by atoms with van der Waals surface area (Å²) in [6.45, 7) is 2.18. The molecule has 0 saturated heterocycles. The molecule has 0 aliphatic carbocycles. The van der Waals surface area contributed by atoms with Crippen molar-refractivity contribution in [3.05, 3.63) is 59.7 Å². The lowest BCUT2D eigenvalue weighted by atomic mass is 9.96. The molecule has 4 nitrogen and oxygen atoms in total. The highest BCUT2D eigenvalue weighted by Crippen LogP contribution is 2.43. The molecule has 0 saturated carbocycles. The van der Waals surface area contributed by atoms with Gasteiger partial charge in [-0.25, -0.2) is 0 Å². The topological polar surface area (TPSA) is 34.1 Å². The van der Waals surface area contributed by atoms with Gasteiger partial charge in [-0.3, -0.25) is 5.01 Å². The summed E-state index contributed by atoms with van der Waals surface area (Å²) in [6, 6.07) is 16.7. The zero-order valence-corrected chi connectivity index (χ0v) is 14.1. The Balaban J connectivity index is 1.68. The largest absolute Gasteiger partial charge is 0.497 e. The number of hydrogen-bond donors (Lipinski definition) is 0. The smallest absolute Gasteiger partial charge is 0.187 e. The lowest BCUT2D eigenvalue weighted by Crippen LogP contribution is -2.40. The molecule has 2 aliphatic heterocycles. The summed E-state index contributed by atoms with van der Waals surface area (Å²) < 4.78 is 11.5. The third-order valence-electron chi connectivity index (χ3n) is 4.74. The molecule has 0 spiro atoms. The molecule has 2 aromatic rings. The lowest BCUT2D eigenvalue weighted by Gasteiger charge is -2.38. The number of para-hydroxylation sites is 1. The van der Waals surface area contributed by atoms with Crippen molar-refractivity contribution in [2.24, 2.45) is 5.10 Å². The molecular formula is C20H22N2O2. The molecule has 24 heavy (non-hydrogen) atoms. The Morgan fingerprint density at radius 2 is 1.96 bits per heavy atom. The maximum Gasteiger partial charge on any atom is 0.187 e. The average molecular weight is 322 g/mol. The highest BCUT2D eigenvalue weighted by atomic mass is 16.5. The van der Waals surface area contributed by atoms with E-state index < -0.39 is 0 Å². The van der Waals surface area contributed by atoms with Crippen LogP contribution in [0.1, 0.15) is 43.4 Å². The van der Waals surface area contributed by atoms with Crippen LogP contribution in [0.25, 0.3) is 0 Å². The van der Waals surface area contributed by atoms with Gasteiger partial charge in [-0.15, -0.1) is 0 Å². The molecule has 0 fully saturated rings. The second-order valence-electron chi connectivity index (χ2n) is 6.27. The van der Waals surface area contributed by atoms with Crippen LogP contribution in [0.15, 0.2) is 53.6 Å². The summed E-state index contributed by atoms with van der Waals surface area (Å²) in [7, 11) is 1.69. The molecule has 0 N–H and O–H groups in total.